The van der Waals surface area contributed by atoms with Gasteiger partial charge in [-0.3, -0.25) is 10.1 Å². The number of aryl methyl sites for hydroxylation is 2. The first-order valence-corrected chi connectivity index (χ1v) is 7.05. The van der Waals surface area contributed by atoms with E-state index in [1.807, 2.05) is 4.07 Å². The highest BCUT2D eigenvalue weighted by Gasteiger charge is 2.19. The molecule has 1 N–H and O–H groups in total. The highest BCUT2D eigenvalue weighted by Crippen LogP contribution is 2.23. The van der Waals surface area contributed by atoms with E-state index < -0.39 is 0 Å². The zero-order valence-electron chi connectivity index (χ0n) is 10.3. The van der Waals surface area contributed by atoms with Gasteiger partial charge in [0.05, 0.1) is 15.5 Å². The van der Waals surface area contributed by atoms with Crippen LogP contribution in [0.3, 0.4) is 0 Å². The van der Waals surface area contributed by atoms with Gasteiger partial charge in [-0.15, -0.1) is 5.43 Å². The molecule has 98 valence electrons. The topological polar surface area (TPSA) is 59.1 Å². The predicted octanol–water partition coefficient (Wildman–Crippen LogP) is 2.70. The van der Waals surface area contributed by atoms with Crippen molar-refractivity contribution in [3.8, 4) is 0 Å². The van der Waals surface area contributed by atoms with Crippen molar-refractivity contribution in [3.63, 3.8) is 0 Å². The molecule has 0 fully saturated rings. The minimum absolute atomic E-state index is 0.112. The Bertz CT molecular complexity index is 583. The Hall–Kier alpha value is -1.95. The van der Waals surface area contributed by atoms with E-state index in [2.05, 4.69) is 11.6 Å². The first-order valence-electron chi connectivity index (χ1n) is 6.27. The maximum atomic E-state index is 10.6. The number of hydrogen-bond acceptors (Lipinski definition) is 4. The number of nitro groups is 1. The molecule has 0 amide bonds. The Morgan fingerprint density at radius 1 is 1.21 bits per heavy atom. The van der Waals surface area contributed by atoms with Crippen molar-refractivity contribution in [3.05, 3.63) is 51.0 Å². The number of nitro benzene ring substituents is 1. The second-order valence-electron chi connectivity index (χ2n) is 4.62. The molecule has 0 radical (unpaired) electrons. The summed E-state index contributed by atoms with van der Waals surface area (Å²) in [7, 11) is 0. The summed E-state index contributed by atoms with van der Waals surface area (Å²) in [6, 6.07) is 6.47. The average Bonchev–Trinajstić information content (AvgIpc) is 2.81. The van der Waals surface area contributed by atoms with Crippen LogP contribution < -0.4 is 9.49 Å². The van der Waals surface area contributed by atoms with E-state index in [9.17, 15) is 10.1 Å². The first kappa shape index (κ1) is 12.1. The van der Waals surface area contributed by atoms with Crippen LogP contribution in [0, 0.1) is 10.1 Å². The van der Waals surface area contributed by atoms with E-state index in [4.69, 9.17) is 0 Å². The third-order valence-corrected chi connectivity index (χ3v) is 4.34. The molecule has 2 aromatic rings. The number of nitrogens with zero attached hydrogens (tertiary/aromatic N) is 2. The fourth-order valence-electron chi connectivity index (χ4n) is 2.27. The van der Waals surface area contributed by atoms with Gasteiger partial charge >= 0.3 is 0 Å². The molecule has 19 heavy (non-hydrogen) atoms. The van der Waals surface area contributed by atoms with Gasteiger partial charge in [0.2, 0.25) is 6.20 Å². The van der Waals surface area contributed by atoms with Gasteiger partial charge in [0, 0.05) is 17.7 Å². The maximum Gasteiger partial charge on any atom is 0.269 e. The first-order chi connectivity index (χ1) is 9.22. The standard InChI is InChI=1S/C13H14N3O2S/c17-16(18)12-7-5-11(6-8-12)14-15-9-10-3-1-2-4-13(10)19-15/h5-9,14H,1-4H2/q+1. The Morgan fingerprint density at radius 2 is 1.95 bits per heavy atom. The minimum atomic E-state index is -0.388. The Morgan fingerprint density at radius 3 is 2.63 bits per heavy atom. The van der Waals surface area contributed by atoms with E-state index in [1.54, 1.807) is 23.7 Å². The van der Waals surface area contributed by atoms with Crippen LogP contribution in [0.1, 0.15) is 23.3 Å². The molecule has 0 bridgehead atoms. The molecular weight excluding hydrogens is 262 g/mol. The number of benzene rings is 1. The zero-order valence-corrected chi connectivity index (χ0v) is 11.2. The molecule has 1 heterocycles. The quantitative estimate of drug-likeness (QED) is 0.532. The Kier molecular flexibility index (Phi) is 3.16. The van der Waals surface area contributed by atoms with Gasteiger partial charge in [0.1, 0.15) is 0 Å². The monoisotopic (exact) mass is 276 g/mol. The van der Waals surface area contributed by atoms with Crippen molar-refractivity contribution in [2.75, 3.05) is 5.43 Å². The fraction of sp³-hybridized carbons (Fsp3) is 0.308. The lowest BCUT2D eigenvalue weighted by atomic mass is 10.0. The summed E-state index contributed by atoms with van der Waals surface area (Å²) in [6.45, 7) is 0. The van der Waals surface area contributed by atoms with Crippen LogP contribution in [0.5, 0.6) is 0 Å². The van der Waals surface area contributed by atoms with Crippen LogP contribution in [0.4, 0.5) is 11.4 Å². The molecule has 0 saturated heterocycles. The van der Waals surface area contributed by atoms with Crippen LogP contribution >= 0.6 is 11.5 Å². The van der Waals surface area contributed by atoms with Crippen molar-refractivity contribution in [1.29, 1.82) is 0 Å². The third-order valence-electron chi connectivity index (χ3n) is 3.26. The number of nitrogens with one attached hydrogen (secondary N) is 1. The molecular formula is C13H14N3O2S+. The summed E-state index contributed by atoms with van der Waals surface area (Å²) in [5, 5.41) is 10.6. The van der Waals surface area contributed by atoms with E-state index >= 15 is 0 Å². The van der Waals surface area contributed by atoms with Gasteiger partial charge in [-0.1, -0.05) is 0 Å². The summed E-state index contributed by atoms with van der Waals surface area (Å²) in [5.74, 6) is 0. The van der Waals surface area contributed by atoms with E-state index in [0.29, 0.717) is 0 Å². The number of hydrogen-bond donors (Lipinski definition) is 1. The number of rotatable bonds is 3. The molecule has 0 unspecified atom stereocenters. The highest BCUT2D eigenvalue weighted by atomic mass is 32.1. The number of fused-ring (bicyclic) bond motifs is 1. The smallest absolute Gasteiger partial charge is 0.258 e. The molecule has 0 saturated carbocycles. The SMILES string of the molecule is O=[N+]([O-])c1ccc(N[n+]2cc3c(s2)CCCC3)cc1. The summed E-state index contributed by atoms with van der Waals surface area (Å²) in [6.07, 6.45) is 6.97. The van der Waals surface area contributed by atoms with Gasteiger partial charge in [-0.2, -0.15) is 0 Å². The average molecular weight is 276 g/mol. The van der Waals surface area contributed by atoms with Crippen molar-refractivity contribution in [1.82, 2.24) is 0 Å². The Balaban J connectivity index is 1.77. The molecule has 5 nitrogen and oxygen atoms in total. The number of anilines is 1. The van der Waals surface area contributed by atoms with Crippen molar-refractivity contribution >= 4 is 22.9 Å². The second kappa shape index (κ2) is 4.97. The third kappa shape index (κ3) is 2.58. The molecule has 6 heteroatoms. The maximum absolute atomic E-state index is 10.6. The van der Waals surface area contributed by atoms with Gasteiger partial charge in [0.25, 0.3) is 5.69 Å². The molecule has 1 aromatic heterocycles. The van der Waals surface area contributed by atoms with Crippen LogP contribution in [-0.2, 0) is 12.8 Å². The van der Waals surface area contributed by atoms with Crippen molar-refractivity contribution in [2.24, 2.45) is 0 Å². The van der Waals surface area contributed by atoms with Gasteiger partial charge in [-0.25, -0.2) is 0 Å². The second-order valence-corrected chi connectivity index (χ2v) is 5.69. The summed E-state index contributed by atoms with van der Waals surface area (Å²) in [5.41, 5.74) is 5.63. The molecule has 3 rings (SSSR count). The highest BCUT2D eigenvalue weighted by molar-refractivity contribution is 7.02. The normalized spacial score (nSPS) is 13.9. The summed E-state index contributed by atoms with van der Waals surface area (Å²) in [4.78, 5) is 11.6. The lowest BCUT2D eigenvalue weighted by Gasteiger charge is -2.04. The van der Waals surface area contributed by atoms with Crippen LogP contribution in [0.25, 0.3) is 0 Å². The molecule has 1 aliphatic rings. The summed E-state index contributed by atoms with van der Waals surface area (Å²) >= 11 is 1.71. The van der Waals surface area contributed by atoms with Crippen LogP contribution in [0.2, 0.25) is 0 Å². The molecule has 1 aromatic carbocycles. The zero-order chi connectivity index (χ0) is 13.2. The molecule has 0 spiro atoms. The number of aromatic nitrogens is 1. The van der Waals surface area contributed by atoms with Gasteiger partial charge < -0.3 is 0 Å². The largest absolute Gasteiger partial charge is 0.269 e. The van der Waals surface area contributed by atoms with Crippen molar-refractivity contribution < 1.29 is 8.99 Å². The molecule has 1 aliphatic carbocycles. The fourth-order valence-corrected chi connectivity index (χ4v) is 3.34. The lowest BCUT2D eigenvalue weighted by molar-refractivity contribution is -0.570. The van der Waals surface area contributed by atoms with Crippen molar-refractivity contribution in [2.45, 2.75) is 25.7 Å². The van der Waals surface area contributed by atoms with Crippen LogP contribution in [0.15, 0.2) is 30.5 Å². The molecule has 0 atom stereocenters. The lowest BCUT2D eigenvalue weighted by Crippen LogP contribution is -2.37. The minimum Gasteiger partial charge on any atom is -0.258 e. The van der Waals surface area contributed by atoms with E-state index in [0.717, 1.165) is 18.5 Å². The van der Waals surface area contributed by atoms with E-state index in [1.165, 1.54) is 35.4 Å². The van der Waals surface area contributed by atoms with Gasteiger partial charge in [-0.05, 0) is 41.9 Å². The molecule has 0 aliphatic heterocycles. The Labute approximate surface area is 114 Å². The summed E-state index contributed by atoms with van der Waals surface area (Å²) < 4.78 is 1.98. The van der Waals surface area contributed by atoms with Crippen LogP contribution in [-0.4, -0.2) is 4.92 Å². The van der Waals surface area contributed by atoms with E-state index in [-0.39, 0.29) is 10.6 Å². The predicted molar refractivity (Wildman–Crippen MR) is 73.3 cm³/mol. The number of non-ortho nitro benzene ring substituents is 1. The van der Waals surface area contributed by atoms with Gasteiger partial charge in [0.15, 0.2) is 11.5 Å².